The van der Waals surface area contributed by atoms with Crippen LogP contribution in [0.1, 0.15) is 0 Å². The Kier molecular flexibility index (Phi) is 6.32. The molecule has 3 nitrogen and oxygen atoms in total. The molecule has 0 saturated carbocycles. The molecule has 0 aliphatic heterocycles. The molecule has 0 saturated heterocycles. The molecule has 0 unspecified atom stereocenters. The van der Waals surface area contributed by atoms with E-state index in [4.69, 9.17) is 9.97 Å². The van der Waals surface area contributed by atoms with Gasteiger partial charge in [0.25, 0.3) is 0 Å². The molecule has 0 bridgehead atoms. The zero-order chi connectivity index (χ0) is 28.6. The highest BCUT2D eigenvalue weighted by molar-refractivity contribution is 7.26. The van der Waals surface area contributed by atoms with E-state index < -0.39 is 0 Å². The summed E-state index contributed by atoms with van der Waals surface area (Å²) in [5, 5.41) is 2.62. The lowest BCUT2D eigenvalue weighted by Crippen LogP contribution is -1.97. The van der Waals surface area contributed by atoms with Crippen LogP contribution in [-0.2, 0) is 0 Å². The summed E-state index contributed by atoms with van der Waals surface area (Å²) in [4.78, 5) is 14.6. The number of hydrogen-bond donors (Lipinski definition) is 0. The molecule has 8 rings (SSSR count). The summed E-state index contributed by atoms with van der Waals surface area (Å²) < 4.78 is 2.63. The first kappa shape index (κ1) is 25.3. The summed E-state index contributed by atoms with van der Waals surface area (Å²) in [6.45, 7) is 0. The average Bonchev–Trinajstić information content (AvgIpc) is 3.48. The summed E-state index contributed by atoms with van der Waals surface area (Å²) >= 11 is 1.86. The number of benzene rings is 5. The van der Waals surface area contributed by atoms with Gasteiger partial charge in [0.05, 0.1) is 11.4 Å². The monoisotopic (exact) mass is 567 g/mol. The average molecular weight is 568 g/mol. The van der Waals surface area contributed by atoms with Gasteiger partial charge in [-0.05, 0) is 34.9 Å². The smallest absolute Gasteiger partial charge is 0.161 e. The third kappa shape index (κ3) is 4.68. The third-order valence-electron chi connectivity index (χ3n) is 7.83. The van der Waals surface area contributed by atoms with Gasteiger partial charge in [-0.15, -0.1) is 11.3 Å². The first-order valence-corrected chi connectivity index (χ1v) is 15.1. The van der Waals surface area contributed by atoms with Gasteiger partial charge in [-0.25, -0.2) is 9.97 Å². The minimum Gasteiger partial charge on any atom is -0.264 e. The molecule has 0 atom stereocenters. The number of hydrogen-bond acceptors (Lipinski definition) is 4. The highest BCUT2D eigenvalue weighted by atomic mass is 32.1. The van der Waals surface area contributed by atoms with Crippen LogP contribution < -0.4 is 0 Å². The Morgan fingerprint density at radius 1 is 0.442 bits per heavy atom. The largest absolute Gasteiger partial charge is 0.264 e. The van der Waals surface area contributed by atoms with Crippen molar-refractivity contribution in [2.24, 2.45) is 0 Å². The molecule has 43 heavy (non-hydrogen) atoms. The van der Waals surface area contributed by atoms with Gasteiger partial charge in [0.15, 0.2) is 5.82 Å². The molecule has 0 N–H and O–H groups in total. The van der Waals surface area contributed by atoms with Crippen molar-refractivity contribution in [1.82, 2.24) is 15.0 Å². The maximum Gasteiger partial charge on any atom is 0.161 e. The number of pyridine rings is 1. The van der Waals surface area contributed by atoms with Crippen LogP contribution >= 0.6 is 11.3 Å². The summed E-state index contributed by atoms with van der Waals surface area (Å²) in [6, 6.07) is 48.7. The number of nitrogens with zero attached hydrogens (tertiary/aromatic N) is 3. The Balaban J connectivity index is 1.25. The van der Waals surface area contributed by atoms with Gasteiger partial charge in [0.1, 0.15) is 0 Å². The van der Waals surface area contributed by atoms with Gasteiger partial charge < -0.3 is 0 Å². The van der Waals surface area contributed by atoms with Crippen molar-refractivity contribution in [2.75, 3.05) is 0 Å². The summed E-state index contributed by atoms with van der Waals surface area (Å²) in [7, 11) is 0. The Morgan fingerprint density at radius 2 is 1.07 bits per heavy atom. The second-order valence-electron chi connectivity index (χ2n) is 10.5. The van der Waals surface area contributed by atoms with Crippen LogP contribution in [0.5, 0.6) is 0 Å². The van der Waals surface area contributed by atoms with Crippen molar-refractivity contribution in [3.05, 3.63) is 152 Å². The lowest BCUT2D eigenvalue weighted by atomic mass is 9.99. The van der Waals surface area contributed by atoms with E-state index in [0.29, 0.717) is 5.82 Å². The van der Waals surface area contributed by atoms with Gasteiger partial charge in [0, 0.05) is 54.8 Å². The Labute approximate surface area is 253 Å². The topological polar surface area (TPSA) is 38.7 Å². The van der Waals surface area contributed by atoms with Crippen LogP contribution in [-0.4, -0.2) is 15.0 Å². The Bertz CT molecular complexity index is 2220. The molecule has 202 valence electrons. The lowest BCUT2D eigenvalue weighted by Gasteiger charge is -2.13. The number of fused-ring (bicyclic) bond motifs is 3. The minimum atomic E-state index is 0.690. The molecule has 0 spiro atoms. The molecule has 0 aliphatic carbocycles. The van der Waals surface area contributed by atoms with Gasteiger partial charge in [-0.1, -0.05) is 121 Å². The van der Waals surface area contributed by atoms with Gasteiger partial charge in [0.2, 0.25) is 0 Å². The van der Waals surface area contributed by atoms with E-state index in [0.717, 1.165) is 39.2 Å². The molecule has 4 heteroatoms. The van der Waals surface area contributed by atoms with E-state index >= 15 is 0 Å². The van der Waals surface area contributed by atoms with Crippen LogP contribution in [0.4, 0.5) is 0 Å². The lowest BCUT2D eigenvalue weighted by molar-refractivity contribution is 1.18. The fraction of sp³-hybridized carbons (Fsp3) is 0. The second kappa shape index (κ2) is 10.8. The van der Waals surface area contributed by atoms with Crippen molar-refractivity contribution < 1.29 is 0 Å². The molecule has 8 aromatic rings. The predicted octanol–water partition coefficient (Wildman–Crippen LogP) is 10.6. The fourth-order valence-corrected chi connectivity index (χ4v) is 6.96. The normalized spacial score (nSPS) is 11.3. The van der Waals surface area contributed by atoms with Crippen LogP contribution in [0.15, 0.2) is 152 Å². The molecule has 3 aromatic heterocycles. The molecule has 0 amide bonds. The SMILES string of the molecule is c1ccc(-c2cc(-c3ccc(-c4cccc5c4sc4ccccc45)cc3)nc(-c3ccccc3-c3cccnc3)n2)cc1. The number of thiophene rings is 1. The van der Waals surface area contributed by atoms with Crippen molar-refractivity contribution in [1.29, 1.82) is 0 Å². The van der Waals surface area contributed by atoms with Crippen molar-refractivity contribution in [2.45, 2.75) is 0 Å². The van der Waals surface area contributed by atoms with E-state index in [1.807, 2.05) is 53.9 Å². The third-order valence-corrected chi connectivity index (χ3v) is 9.05. The molecule has 0 radical (unpaired) electrons. The zero-order valence-corrected chi connectivity index (χ0v) is 24.0. The van der Waals surface area contributed by atoms with E-state index in [1.165, 1.54) is 31.3 Å². The van der Waals surface area contributed by atoms with E-state index in [2.05, 4.69) is 108 Å². The molecule has 0 aliphatic rings. The highest BCUT2D eigenvalue weighted by Gasteiger charge is 2.15. The Hall–Kier alpha value is -5.45. The molecule has 3 heterocycles. The summed E-state index contributed by atoms with van der Waals surface area (Å²) in [6.07, 6.45) is 3.68. The number of rotatable bonds is 5. The minimum absolute atomic E-state index is 0.690. The summed E-state index contributed by atoms with van der Waals surface area (Å²) in [5.74, 6) is 0.690. The second-order valence-corrected chi connectivity index (χ2v) is 11.5. The van der Waals surface area contributed by atoms with Gasteiger partial charge in [-0.2, -0.15) is 0 Å². The van der Waals surface area contributed by atoms with Crippen molar-refractivity contribution >= 4 is 31.5 Å². The zero-order valence-electron chi connectivity index (χ0n) is 23.2. The predicted molar refractivity (Wildman–Crippen MR) is 180 cm³/mol. The van der Waals surface area contributed by atoms with Crippen LogP contribution in [0, 0.1) is 0 Å². The first-order chi connectivity index (χ1) is 21.3. The molecule has 5 aromatic carbocycles. The number of aromatic nitrogens is 3. The van der Waals surface area contributed by atoms with Crippen LogP contribution in [0.2, 0.25) is 0 Å². The van der Waals surface area contributed by atoms with Crippen molar-refractivity contribution in [3.8, 4) is 56.2 Å². The van der Waals surface area contributed by atoms with Crippen molar-refractivity contribution in [3.63, 3.8) is 0 Å². The summed E-state index contributed by atoms with van der Waals surface area (Å²) in [5.41, 5.74) is 9.39. The molecule has 0 fully saturated rings. The van der Waals surface area contributed by atoms with Gasteiger partial charge in [-0.3, -0.25) is 4.98 Å². The fourth-order valence-electron chi connectivity index (χ4n) is 5.72. The van der Waals surface area contributed by atoms with Crippen LogP contribution in [0.3, 0.4) is 0 Å². The van der Waals surface area contributed by atoms with E-state index in [-0.39, 0.29) is 0 Å². The maximum atomic E-state index is 5.14. The first-order valence-electron chi connectivity index (χ1n) is 14.3. The van der Waals surface area contributed by atoms with E-state index in [1.54, 1.807) is 6.20 Å². The quantitative estimate of drug-likeness (QED) is 0.208. The Morgan fingerprint density at radius 3 is 1.86 bits per heavy atom. The standard InChI is InChI=1S/C39H25N3S/c1-2-10-27(11-3-1)35-24-36(42-39(41-35)34-15-5-4-13-30(34)29-12-9-23-40-25-29)28-21-19-26(20-22-28)31-16-8-17-33-32-14-6-7-18-37(32)43-38(31)33/h1-25H. The molecular weight excluding hydrogens is 543 g/mol. The maximum absolute atomic E-state index is 5.14. The highest BCUT2D eigenvalue weighted by Crippen LogP contribution is 2.40. The van der Waals surface area contributed by atoms with Gasteiger partial charge >= 0.3 is 0 Å². The van der Waals surface area contributed by atoms with E-state index in [9.17, 15) is 0 Å². The molecular formula is C39H25N3S. The van der Waals surface area contributed by atoms with Crippen LogP contribution in [0.25, 0.3) is 76.3 Å².